The molecule has 1 atom stereocenters. The van der Waals surface area contributed by atoms with E-state index in [1.807, 2.05) is 67.6 Å². The van der Waals surface area contributed by atoms with Crippen LogP contribution in [0, 0.1) is 0 Å². The number of rotatable bonds is 91. The number of carbonyl (C=O) groups is 8. The molecule has 0 radical (unpaired) electrons. The van der Waals surface area contributed by atoms with E-state index in [1.54, 1.807) is 76.7 Å². The summed E-state index contributed by atoms with van der Waals surface area (Å²) in [5.41, 5.74) is 4.11. The fourth-order valence-electron chi connectivity index (χ4n) is 8.61. The summed E-state index contributed by atoms with van der Waals surface area (Å²) >= 11 is 0. The molecule has 0 aliphatic carbocycles. The molecule has 2 aromatic carbocycles. The second-order valence-corrected chi connectivity index (χ2v) is 30.3. The van der Waals surface area contributed by atoms with E-state index in [4.69, 9.17) is 162 Å². The molecule has 0 aromatic heterocycles. The summed E-state index contributed by atoms with van der Waals surface area (Å²) in [6.45, 7) is 67.3. The first-order valence-corrected chi connectivity index (χ1v) is 49.0. The molecule has 0 spiro atoms. The summed E-state index contributed by atoms with van der Waals surface area (Å²) < 4.78 is 164. The molecule has 1 unspecified atom stereocenters. The molecule has 2 N–H and O–H groups in total. The topological polar surface area (TPSA) is 472 Å². The maximum Gasteiger partial charge on any atom is 0.333 e. The minimum absolute atomic E-state index is 0.0199. The van der Waals surface area contributed by atoms with Gasteiger partial charge in [0.15, 0.2) is 0 Å². The van der Waals surface area contributed by atoms with Crippen molar-refractivity contribution >= 4 is 47.8 Å². The van der Waals surface area contributed by atoms with Crippen molar-refractivity contribution in [3.05, 3.63) is 163 Å². The Bertz CT molecular complexity index is 3510. The van der Waals surface area contributed by atoms with Crippen molar-refractivity contribution in [3.63, 3.8) is 0 Å². The molecular weight excluding hydrogens is 1950 g/mol. The van der Waals surface area contributed by atoms with E-state index in [-0.39, 0.29) is 77.5 Å². The SMILES string of the molecule is C=C(C)C(=O)OCCOCCOC(C)COC.C=C(C)C(=O)OCCOCCOCCCCC.C=C(C)C(=O)OCCOCCOCCOCCO.C=C(C)C(=O)OCCOCCOCCOCCOC.C=C(C)C(=O)OCCOCCOCCOCCOCCO.C=C(C)C(=O)OCCOCCOCCOCCOCCOC.C=C(C)C(=O)OCCOCCOCCOc1ccccc1.C=C(C)C(=O)OCc1ccccc1. The number of aliphatic hydroxyl groups is 2. The molecule has 0 amide bonds. The van der Waals surface area contributed by atoms with E-state index in [9.17, 15) is 38.4 Å². The number of para-hydroxylation sites is 1. The van der Waals surface area contributed by atoms with Crippen LogP contribution < -0.4 is 4.74 Å². The van der Waals surface area contributed by atoms with Gasteiger partial charge >= 0.3 is 47.8 Å². The third-order valence-electron chi connectivity index (χ3n) is 16.2. The number of unbranched alkanes of at least 4 members (excludes halogenated alkanes) is 2. The third kappa shape index (κ3) is 126. The first-order valence-electron chi connectivity index (χ1n) is 49.0. The lowest BCUT2D eigenvalue weighted by molar-refractivity contribution is -0.141. The minimum Gasteiger partial charge on any atom is -0.491 e. The Hall–Kier alpha value is -9.08. The highest BCUT2D eigenvalue weighted by atomic mass is 16.6. The van der Waals surface area contributed by atoms with Gasteiger partial charge in [-0.2, -0.15) is 0 Å². The van der Waals surface area contributed by atoms with Crippen molar-refractivity contribution in [2.45, 2.75) is 101 Å². The maximum absolute atomic E-state index is 11.1. The van der Waals surface area contributed by atoms with Crippen LogP contribution in [0.15, 0.2) is 158 Å². The van der Waals surface area contributed by atoms with Crippen LogP contribution in [0.1, 0.15) is 94.1 Å². The van der Waals surface area contributed by atoms with Gasteiger partial charge in [0.25, 0.3) is 0 Å². The smallest absolute Gasteiger partial charge is 0.333 e. The molecule has 2 rings (SSSR count). The molecule has 42 nitrogen and oxygen atoms in total. The monoisotopic (exact) mass is 2130 g/mol. The van der Waals surface area contributed by atoms with Crippen LogP contribution in [0.25, 0.3) is 0 Å². The second-order valence-electron chi connectivity index (χ2n) is 30.3. The maximum atomic E-state index is 11.1. The Kier molecular flexibility index (Phi) is 123. The van der Waals surface area contributed by atoms with Gasteiger partial charge in [0.2, 0.25) is 0 Å². The van der Waals surface area contributed by atoms with Crippen LogP contribution in [0.2, 0.25) is 0 Å². The fraction of sp³-hybridized carbons (Fsp3) is 0.660. The average Bonchev–Trinajstić information content (AvgIpc) is 0.949. The summed E-state index contributed by atoms with van der Waals surface area (Å²) in [6, 6.07) is 19.1. The van der Waals surface area contributed by atoms with Gasteiger partial charge in [-0.3, -0.25) is 0 Å². The van der Waals surface area contributed by atoms with Crippen LogP contribution in [0.4, 0.5) is 0 Å². The van der Waals surface area contributed by atoms with Gasteiger partial charge in [-0.1, -0.05) is 121 Å². The number of esters is 8. The van der Waals surface area contributed by atoms with Crippen molar-refractivity contribution in [2.75, 3.05) is 365 Å². The second kappa shape index (κ2) is 121. The zero-order valence-corrected chi connectivity index (χ0v) is 90.8. The lowest BCUT2D eigenvalue weighted by Gasteiger charge is -2.11. The van der Waals surface area contributed by atoms with E-state index in [0.717, 1.165) is 24.3 Å². The number of benzene rings is 2. The number of carbonyl (C=O) groups excluding carboxylic acids is 8. The van der Waals surface area contributed by atoms with Gasteiger partial charge in [-0.25, -0.2) is 38.4 Å². The van der Waals surface area contributed by atoms with Gasteiger partial charge in [-0.15, -0.1) is 0 Å². The predicted octanol–water partition coefficient (Wildman–Crippen LogP) is 9.96. The Balaban J connectivity index is -0.000000391. The molecule has 2 aromatic rings. The highest BCUT2D eigenvalue weighted by molar-refractivity contribution is 5.89. The number of hydrogen-bond donors (Lipinski definition) is 2. The van der Waals surface area contributed by atoms with Crippen molar-refractivity contribution in [3.8, 4) is 5.75 Å². The standard InChI is InChI=1S/C16H22O5.C15H28O7.C14H26O7.C13H24O6.C13H24O4.C12H22O6.C12H22O5.C11H12O2/c1-14(2)16(17)21-13-11-19-9-8-18-10-12-20-15-6-4-3-5-7-15;1-14(2)15(16)22-13-12-21-11-10-20-9-8-19-7-6-18-5-4-17-3;1-13(2)14(16)21-12-11-20-10-9-19-8-7-18-6-5-17-4-3-15;1-12(2)13(14)19-11-10-18-9-8-17-7-6-16-5-4-15-3;1-4-5-6-7-15-8-9-16-10-11-17-13(14)12(2)3;1-11(2)12(14)18-10-9-17-8-7-16-6-5-15-4-3-13;1-10(2)12(13)17-8-6-15-5-7-16-11(3)9-14-4;1-9(2)11(12)13-8-10-6-4-3-5-7-10/h3-7H,1,8-13H2,2H3;1,4-13H2,2-3H3;15H,1,3-12H2,2H3;1,4-11H2,2-3H3;2,4-11H2,1,3H3;13H,1,3-10H2,2H3;11H,1,5-9H2,2-4H3;3-7H,1,8H2,2H3. The van der Waals surface area contributed by atoms with Crippen LogP contribution in [-0.4, -0.2) is 429 Å². The molecule has 148 heavy (non-hydrogen) atoms. The molecule has 0 bridgehead atoms. The summed E-state index contributed by atoms with van der Waals surface area (Å²) in [5, 5.41) is 16.9. The van der Waals surface area contributed by atoms with E-state index >= 15 is 0 Å². The van der Waals surface area contributed by atoms with Crippen LogP contribution >= 0.6 is 0 Å². The van der Waals surface area contributed by atoms with Crippen molar-refractivity contribution in [2.24, 2.45) is 0 Å². The van der Waals surface area contributed by atoms with Gasteiger partial charge in [0.1, 0.15) is 65.2 Å². The Morgan fingerprint density at radius 1 is 0.236 bits per heavy atom. The Morgan fingerprint density at radius 3 is 0.649 bits per heavy atom. The van der Waals surface area contributed by atoms with Crippen LogP contribution in [0.5, 0.6) is 5.75 Å². The molecule has 0 saturated carbocycles. The number of ether oxygens (including phenoxy) is 32. The van der Waals surface area contributed by atoms with E-state index in [1.165, 1.54) is 12.8 Å². The van der Waals surface area contributed by atoms with Gasteiger partial charge in [0, 0.05) is 72.5 Å². The fourth-order valence-corrected chi connectivity index (χ4v) is 8.61. The zero-order valence-electron chi connectivity index (χ0n) is 90.8. The van der Waals surface area contributed by atoms with Crippen molar-refractivity contribution < 1.29 is 200 Å². The molecule has 0 aliphatic rings. The Labute approximate surface area is 879 Å². The molecule has 0 aliphatic heterocycles. The molecule has 42 heteroatoms. The molecular formula is C106H180O42. The van der Waals surface area contributed by atoms with E-state index in [2.05, 4.69) is 59.6 Å². The van der Waals surface area contributed by atoms with E-state index < -0.39 is 35.8 Å². The Morgan fingerprint density at radius 2 is 0.432 bits per heavy atom. The summed E-state index contributed by atoms with van der Waals surface area (Å²) in [5.74, 6) is -2.28. The molecule has 0 saturated heterocycles. The highest BCUT2D eigenvalue weighted by Crippen LogP contribution is 2.09. The zero-order chi connectivity index (χ0) is 111. The largest absolute Gasteiger partial charge is 0.491 e. The quantitative estimate of drug-likeness (QED) is 0.0269. The number of aliphatic hydroxyl groups excluding tert-OH is 2. The summed E-state index contributed by atoms with van der Waals surface area (Å²) in [7, 11) is 4.90. The normalized spacial score (nSPS) is 10.5. The van der Waals surface area contributed by atoms with Gasteiger partial charge in [-0.05, 0) is 86.4 Å². The lowest BCUT2D eigenvalue weighted by atomic mass is 10.2. The van der Waals surface area contributed by atoms with E-state index in [0.29, 0.717) is 329 Å². The van der Waals surface area contributed by atoms with Gasteiger partial charge in [0.05, 0.1) is 290 Å². The molecule has 856 valence electrons. The van der Waals surface area contributed by atoms with Crippen molar-refractivity contribution in [1.29, 1.82) is 0 Å². The lowest BCUT2D eigenvalue weighted by Crippen LogP contribution is -2.18. The molecule has 0 fully saturated rings. The highest BCUT2D eigenvalue weighted by Gasteiger charge is 2.11. The first-order chi connectivity index (χ1) is 71.4. The first kappa shape index (κ1) is 150. The van der Waals surface area contributed by atoms with Gasteiger partial charge < -0.3 is 162 Å². The van der Waals surface area contributed by atoms with Crippen LogP contribution in [0.3, 0.4) is 0 Å². The predicted molar refractivity (Wildman–Crippen MR) is 554 cm³/mol. The third-order valence-corrected chi connectivity index (χ3v) is 16.2. The summed E-state index contributed by atoms with van der Waals surface area (Å²) in [6.07, 6.45) is 3.57. The van der Waals surface area contributed by atoms with Crippen molar-refractivity contribution in [1.82, 2.24) is 0 Å². The minimum atomic E-state index is -0.407. The number of methoxy groups -OCH3 is 3. The number of hydrogen-bond acceptors (Lipinski definition) is 42. The molecule has 0 heterocycles. The van der Waals surface area contributed by atoms with Crippen LogP contribution in [-0.2, 0) is 192 Å². The summed E-state index contributed by atoms with van der Waals surface area (Å²) in [4.78, 5) is 88.0. The average molecular weight is 2130 g/mol.